The van der Waals surface area contributed by atoms with E-state index in [1.54, 1.807) is 12.1 Å². The van der Waals surface area contributed by atoms with Crippen LogP contribution in [-0.4, -0.2) is 0 Å². The molecule has 5 heteroatoms. The van der Waals surface area contributed by atoms with E-state index >= 15 is 0 Å². The van der Waals surface area contributed by atoms with Crippen LogP contribution in [0.4, 0.5) is 13.2 Å². The SMILES string of the molecule is NCc1ccc(CSc2cc(F)ccc2F)c(F)c1. The lowest BCUT2D eigenvalue weighted by molar-refractivity contribution is 0.577. The molecule has 0 heterocycles. The van der Waals surface area contributed by atoms with Crippen LogP contribution < -0.4 is 5.73 Å². The molecule has 0 aliphatic rings. The average Bonchev–Trinajstić information content (AvgIpc) is 2.40. The summed E-state index contributed by atoms with van der Waals surface area (Å²) < 4.78 is 40.1. The maximum absolute atomic E-state index is 13.7. The van der Waals surface area contributed by atoms with Crippen molar-refractivity contribution in [2.24, 2.45) is 5.73 Å². The van der Waals surface area contributed by atoms with E-state index in [2.05, 4.69) is 0 Å². The van der Waals surface area contributed by atoms with Crippen molar-refractivity contribution in [1.29, 1.82) is 0 Å². The second kappa shape index (κ2) is 6.12. The van der Waals surface area contributed by atoms with Gasteiger partial charge in [0.15, 0.2) is 0 Å². The summed E-state index contributed by atoms with van der Waals surface area (Å²) in [6.07, 6.45) is 0. The van der Waals surface area contributed by atoms with Gasteiger partial charge in [0.1, 0.15) is 17.5 Å². The molecule has 0 fully saturated rings. The summed E-state index contributed by atoms with van der Waals surface area (Å²) in [7, 11) is 0. The van der Waals surface area contributed by atoms with Crippen LogP contribution in [0.5, 0.6) is 0 Å². The van der Waals surface area contributed by atoms with Crippen LogP contribution >= 0.6 is 11.8 Å². The first kappa shape index (κ1) is 14.0. The zero-order valence-corrected chi connectivity index (χ0v) is 10.8. The van der Waals surface area contributed by atoms with Crippen molar-refractivity contribution in [2.75, 3.05) is 0 Å². The zero-order valence-electron chi connectivity index (χ0n) is 10.00. The van der Waals surface area contributed by atoms with Gasteiger partial charge in [-0.3, -0.25) is 0 Å². The van der Waals surface area contributed by atoms with Gasteiger partial charge in [0.05, 0.1) is 0 Å². The molecule has 2 N–H and O–H groups in total. The monoisotopic (exact) mass is 283 g/mol. The Hall–Kier alpha value is -1.46. The lowest BCUT2D eigenvalue weighted by atomic mass is 10.1. The van der Waals surface area contributed by atoms with Gasteiger partial charge in [0, 0.05) is 17.2 Å². The van der Waals surface area contributed by atoms with Crippen molar-refractivity contribution in [2.45, 2.75) is 17.2 Å². The lowest BCUT2D eigenvalue weighted by Gasteiger charge is -2.06. The minimum Gasteiger partial charge on any atom is -0.326 e. The highest BCUT2D eigenvalue weighted by molar-refractivity contribution is 7.98. The number of nitrogens with two attached hydrogens (primary N) is 1. The molecule has 2 aromatic rings. The highest BCUT2D eigenvalue weighted by Gasteiger charge is 2.08. The summed E-state index contributed by atoms with van der Waals surface area (Å²) in [6.45, 7) is 0.267. The molecular formula is C14H12F3NS. The Labute approximate surface area is 113 Å². The van der Waals surface area contributed by atoms with E-state index in [1.807, 2.05) is 0 Å². The highest BCUT2D eigenvalue weighted by Crippen LogP contribution is 2.27. The van der Waals surface area contributed by atoms with Crippen LogP contribution in [-0.2, 0) is 12.3 Å². The fraction of sp³-hybridized carbons (Fsp3) is 0.143. The quantitative estimate of drug-likeness (QED) is 0.862. The van der Waals surface area contributed by atoms with Gasteiger partial charge in [-0.15, -0.1) is 11.8 Å². The maximum Gasteiger partial charge on any atom is 0.136 e. The van der Waals surface area contributed by atoms with E-state index in [-0.39, 0.29) is 23.0 Å². The molecule has 2 aromatic carbocycles. The number of hydrogen-bond donors (Lipinski definition) is 1. The third-order valence-electron chi connectivity index (χ3n) is 2.63. The van der Waals surface area contributed by atoms with Gasteiger partial charge in [0.2, 0.25) is 0 Å². The molecule has 0 aliphatic carbocycles. The number of halogens is 3. The lowest BCUT2D eigenvalue weighted by Crippen LogP contribution is -1.98. The third-order valence-corrected chi connectivity index (χ3v) is 3.71. The van der Waals surface area contributed by atoms with Crippen LogP contribution in [0.15, 0.2) is 41.3 Å². The largest absolute Gasteiger partial charge is 0.326 e. The normalized spacial score (nSPS) is 10.7. The molecule has 100 valence electrons. The minimum atomic E-state index is -0.511. The first-order valence-electron chi connectivity index (χ1n) is 5.65. The highest BCUT2D eigenvalue weighted by atomic mass is 32.2. The number of rotatable bonds is 4. The van der Waals surface area contributed by atoms with Gasteiger partial charge in [-0.05, 0) is 35.4 Å². The third kappa shape index (κ3) is 3.52. The first-order valence-corrected chi connectivity index (χ1v) is 6.64. The smallest absolute Gasteiger partial charge is 0.136 e. The molecule has 0 bridgehead atoms. The number of thioether (sulfide) groups is 1. The Bertz CT molecular complexity index is 587. The first-order chi connectivity index (χ1) is 9.10. The molecule has 2 rings (SSSR count). The molecule has 0 atom stereocenters. The minimum absolute atomic E-state index is 0.169. The molecule has 0 spiro atoms. The molecular weight excluding hydrogens is 271 g/mol. The Morgan fingerprint density at radius 3 is 2.42 bits per heavy atom. The van der Waals surface area contributed by atoms with Gasteiger partial charge in [0.25, 0.3) is 0 Å². The average molecular weight is 283 g/mol. The van der Waals surface area contributed by atoms with Crippen molar-refractivity contribution in [3.05, 3.63) is 65.0 Å². The van der Waals surface area contributed by atoms with E-state index in [9.17, 15) is 13.2 Å². The van der Waals surface area contributed by atoms with Gasteiger partial charge in [-0.2, -0.15) is 0 Å². The van der Waals surface area contributed by atoms with Gasteiger partial charge >= 0.3 is 0 Å². The molecule has 0 aliphatic heterocycles. The summed E-state index contributed by atoms with van der Waals surface area (Å²) in [5, 5.41) is 0. The Morgan fingerprint density at radius 1 is 0.947 bits per heavy atom. The van der Waals surface area contributed by atoms with Crippen molar-refractivity contribution in [3.63, 3.8) is 0 Å². The van der Waals surface area contributed by atoms with Crippen molar-refractivity contribution in [3.8, 4) is 0 Å². The molecule has 0 aromatic heterocycles. The summed E-state index contributed by atoms with van der Waals surface area (Å²) in [6, 6.07) is 7.91. The second-order valence-corrected chi connectivity index (χ2v) is 5.01. The Kier molecular flexibility index (Phi) is 4.50. The maximum atomic E-state index is 13.7. The summed E-state index contributed by atoms with van der Waals surface area (Å²) in [4.78, 5) is 0.169. The van der Waals surface area contributed by atoms with E-state index in [0.717, 1.165) is 30.0 Å². The number of benzene rings is 2. The fourth-order valence-corrected chi connectivity index (χ4v) is 2.53. The van der Waals surface area contributed by atoms with Gasteiger partial charge in [-0.1, -0.05) is 12.1 Å². The van der Waals surface area contributed by atoms with Crippen molar-refractivity contribution in [1.82, 2.24) is 0 Å². The van der Waals surface area contributed by atoms with Crippen molar-refractivity contribution >= 4 is 11.8 Å². The number of hydrogen-bond acceptors (Lipinski definition) is 2. The molecule has 0 unspecified atom stereocenters. The van der Waals surface area contributed by atoms with E-state index in [4.69, 9.17) is 5.73 Å². The zero-order chi connectivity index (χ0) is 13.8. The van der Waals surface area contributed by atoms with Gasteiger partial charge in [-0.25, -0.2) is 13.2 Å². The molecule has 0 saturated carbocycles. The Morgan fingerprint density at radius 2 is 1.74 bits per heavy atom. The van der Waals surface area contributed by atoms with E-state index in [1.165, 1.54) is 6.07 Å². The summed E-state index contributed by atoms with van der Waals surface area (Å²) >= 11 is 1.06. The summed E-state index contributed by atoms with van der Waals surface area (Å²) in [5.74, 6) is -1.17. The second-order valence-electron chi connectivity index (χ2n) is 3.99. The van der Waals surface area contributed by atoms with Crippen LogP contribution in [0.2, 0.25) is 0 Å². The topological polar surface area (TPSA) is 26.0 Å². The van der Waals surface area contributed by atoms with E-state index < -0.39 is 11.6 Å². The molecule has 1 nitrogen and oxygen atoms in total. The molecule has 0 saturated heterocycles. The van der Waals surface area contributed by atoms with Crippen LogP contribution in [0.3, 0.4) is 0 Å². The van der Waals surface area contributed by atoms with Crippen molar-refractivity contribution < 1.29 is 13.2 Å². The van der Waals surface area contributed by atoms with Crippen LogP contribution in [0.1, 0.15) is 11.1 Å². The molecule has 0 radical (unpaired) electrons. The predicted molar refractivity (Wildman–Crippen MR) is 70.2 cm³/mol. The van der Waals surface area contributed by atoms with E-state index in [0.29, 0.717) is 11.1 Å². The van der Waals surface area contributed by atoms with Crippen LogP contribution in [0, 0.1) is 17.5 Å². The molecule has 19 heavy (non-hydrogen) atoms. The fourth-order valence-electron chi connectivity index (χ4n) is 1.58. The predicted octanol–water partition coefficient (Wildman–Crippen LogP) is 3.85. The Balaban J connectivity index is 2.12. The molecule has 0 amide bonds. The van der Waals surface area contributed by atoms with Gasteiger partial charge < -0.3 is 5.73 Å². The summed E-state index contributed by atoms with van der Waals surface area (Å²) in [5.41, 5.74) is 6.54. The van der Waals surface area contributed by atoms with Crippen LogP contribution in [0.25, 0.3) is 0 Å². The standard InChI is InChI=1S/C14H12F3NS/c15-11-3-4-12(16)14(6-11)19-8-10-2-1-9(7-18)5-13(10)17/h1-6H,7-8,18H2.